The molecule has 2 N–H and O–H groups in total. The molecule has 1 saturated heterocycles. The predicted molar refractivity (Wildman–Crippen MR) is 111 cm³/mol. The average molecular weight is 454 g/mol. The van der Waals surface area contributed by atoms with Crippen molar-refractivity contribution >= 4 is 44.7 Å². The number of carbonyl (C=O) groups excluding carboxylic acids is 2. The Morgan fingerprint density at radius 2 is 2.15 bits per heavy atom. The number of thioether (sulfide) groups is 1. The van der Waals surface area contributed by atoms with Crippen LogP contribution in [0.4, 0.5) is 0 Å². The van der Waals surface area contributed by atoms with Crippen molar-refractivity contribution in [1.29, 1.82) is 0 Å². The summed E-state index contributed by atoms with van der Waals surface area (Å²) in [6, 6.07) is 5.59. The van der Waals surface area contributed by atoms with Crippen LogP contribution in [0.2, 0.25) is 0 Å². The van der Waals surface area contributed by atoms with Gasteiger partial charge in [0.25, 0.3) is 5.91 Å². The van der Waals surface area contributed by atoms with Crippen LogP contribution < -0.4 is 15.4 Å². The van der Waals surface area contributed by atoms with Gasteiger partial charge in [-0.15, -0.1) is 0 Å². The number of nitrogens with zero attached hydrogens (tertiary/aromatic N) is 1. The van der Waals surface area contributed by atoms with E-state index in [0.29, 0.717) is 34.8 Å². The number of ether oxygens (including phenoxy) is 1. The van der Waals surface area contributed by atoms with Crippen LogP contribution in [0, 0.1) is 0 Å². The van der Waals surface area contributed by atoms with E-state index < -0.39 is 0 Å². The first-order chi connectivity index (χ1) is 13.1. The highest BCUT2D eigenvalue weighted by Crippen LogP contribution is 2.26. The lowest BCUT2D eigenvalue weighted by Crippen LogP contribution is -2.30. The van der Waals surface area contributed by atoms with Gasteiger partial charge in [-0.2, -0.15) is 0 Å². The van der Waals surface area contributed by atoms with E-state index in [1.54, 1.807) is 25.3 Å². The third kappa shape index (κ3) is 5.48. The number of methoxy groups -OCH3 is 1. The van der Waals surface area contributed by atoms with Gasteiger partial charge in [-0.3, -0.25) is 14.6 Å². The van der Waals surface area contributed by atoms with Crippen LogP contribution in [0.1, 0.15) is 48.9 Å². The fourth-order valence-electron chi connectivity index (χ4n) is 3.25. The van der Waals surface area contributed by atoms with Gasteiger partial charge < -0.3 is 15.4 Å². The molecule has 0 aromatic heterocycles. The summed E-state index contributed by atoms with van der Waals surface area (Å²) in [7, 11) is 1.56. The van der Waals surface area contributed by atoms with E-state index in [-0.39, 0.29) is 17.1 Å². The van der Waals surface area contributed by atoms with Crippen molar-refractivity contribution in [2.45, 2.75) is 49.8 Å². The third-order valence-corrected chi connectivity index (χ3v) is 6.62. The Morgan fingerprint density at radius 1 is 1.37 bits per heavy atom. The number of rotatable bonds is 6. The molecule has 0 radical (unpaired) electrons. The number of carbonyl (C=O) groups is 2. The molecule has 1 unspecified atom stereocenters. The van der Waals surface area contributed by atoms with Crippen molar-refractivity contribution in [1.82, 2.24) is 10.6 Å². The summed E-state index contributed by atoms with van der Waals surface area (Å²) in [6.45, 7) is 0.421. The summed E-state index contributed by atoms with van der Waals surface area (Å²) in [6.07, 6.45) is 6.50. The number of amides is 2. The Kier molecular flexibility index (Phi) is 7.18. The minimum absolute atomic E-state index is 0.0219. The van der Waals surface area contributed by atoms with Crippen molar-refractivity contribution < 1.29 is 14.3 Å². The monoisotopic (exact) mass is 453 g/mol. The van der Waals surface area contributed by atoms with Gasteiger partial charge in [0.1, 0.15) is 5.75 Å². The molecule has 0 bridgehead atoms. The van der Waals surface area contributed by atoms with Gasteiger partial charge in [0.15, 0.2) is 5.17 Å². The first-order valence-electron chi connectivity index (χ1n) is 9.24. The van der Waals surface area contributed by atoms with Crippen LogP contribution in [0.25, 0.3) is 0 Å². The summed E-state index contributed by atoms with van der Waals surface area (Å²) in [5.41, 5.74) is 0.512. The molecule has 2 amide bonds. The second-order valence-electron chi connectivity index (χ2n) is 6.71. The van der Waals surface area contributed by atoms with Crippen molar-refractivity contribution in [3.63, 3.8) is 0 Å². The van der Waals surface area contributed by atoms with Crippen LogP contribution in [0.5, 0.6) is 5.75 Å². The molecule has 0 spiro atoms. The molecule has 1 aliphatic carbocycles. The topological polar surface area (TPSA) is 79.8 Å². The molecule has 1 aromatic carbocycles. The van der Waals surface area contributed by atoms with Crippen LogP contribution >= 0.6 is 27.7 Å². The fraction of sp³-hybridized carbons (Fsp3) is 0.526. The molecule has 1 aromatic rings. The Morgan fingerprint density at radius 3 is 2.89 bits per heavy atom. The van der Waals surface area contributed by atoms with Gasteiger partial charge in [-0.05, 0) is 53.4 Å². The van der Waals surface area contributed by atoms with E-state index in [0.717, 1.165) is 18.0 Å². The van der Waals surface area contributed by atoms with Crippen LogP contribution in [0.3, 0.4) is 0 Å². The quantitative estimate of drug-likeness (QED) is 0.690. The standard InChI is InChI=1S/C19H24BrN3O3S/c1-26-13-7-8-15(20)14(11-13)17(24)21-10-9-16-18(25)23-19(27-16)22-12-5-3-2-4-6-12/h7-8,11-12,16H,2-6,9-10H2,1H3,(H,21,24)(H,22,23,25). The predicted octanol–water partition coefficient (Wildman–Crippen LogP) is 3.50. The van der Waals surface area contributed by atoms with Crippen molar-refractivity contribution in [3.8, 4) is 5.75 Å². The van der Waals surface area contributed by atoms with Gasteiger partial charge in [0.2, 0.25) is 5.91 Å². The summed E-state index contributed by atoms with van der Waals surface area (Å²) in [5.74, 6) is 0.407. The Labute approximate surface area is 172 Å². The maximum atomic E-state index is 12.4. The second kappa shape index (κ2) is 9.59. The third-order valence-electron chi connectivity index (χ3n) is 4.76. The number of hydrogen-bond donors (Lipinski definition) is 2. The highest BCUT2D eigenvalue weighted by atomic mass is 79.9. The second-order valence-corrected chi connectivity index (χ2v) is 8.76. The van der Waals surface area contributed by atoms with E-state index in [4.69, 9.17) is 9.73 Å². The first-order valence-corrected chi connectivity index (χ1v) is 10.9. The molecule has 27 heavy (non-hydrogen) atoms. The number of aliphatic imine (C=N–C) groups is 1. The Bertz CT molecular complexity index is 735. The minimum Gasteiger partial charge on any atom is -0.497 e. The number of benzene rings is 1. The molecule has 8 heteroatoms. The molecule has 1 atom stereocenters. The molecule has 1 heterocycles. The molecule has 1 aliphatic heterocycles. The van der Waals surface area contributed by atoms with Crippen LogP contribution in [0.15, 0.2) is 27.7 Å². The Hall–Kier alpha value is -1.54. The van der Waals surface area contributed by atoms with E-state index in [2.05, 4.69) is 26.6 Å². The summed E-state index contributed by atoms with van der Waals surface area (Å²) in [4.78, 5) is 29.2. The lowest BCUT2D eigenvalue weighted by atomic mass is 9.96. The minimum atomic E-state index is -0.207. The summed E-state index contributed by atoms with van der Waals surface area (Å²) < 4.78 is 5.87. The van der Waals surface area contributed by atoms with Crippen molar-refractivity contribution in [3.05, 3.63) is 28.2 Å². The maximum absolute atomic E-state index is 12.4. The van der Waals surface area contributed by atoms with E-state index in [9.17, 15) is 9.59 Å². The fourth-order valence-corrected chi connectivity index (χ4v) is 4.72. The van der Waals surface area contributed by atoms with Gasteiger partial charge in [-0.25, -0.2) is 0 Å². The molecule has 1 saturated carbocycles. The molecule has 2 fully saturated rings. The van der Waals surface area contributed by atoms with E-state index in [1.165, 1.54) is 31.0 Å². The normalized spacial score (nSPS) is 21.9. The van der Waals surface area contributed by atoms with Crippen LogP contribution in [-0.4, -0.2) is 41.9 Å². The molecule has 146 valence electrons. The number of halogens is 1. The summed E-state index contributed by atoms with van der Waals surface area (Å²) >= 11 is 4.86. The Balaban J connectivity index is 1.49. The number of nitrogens with one attached hydrogen (secondary N) is 2. The number of amidine groups is 1. The zero-order valence-corrected chi connectivity index (χ0v) is 17.7. The molecular weight excluding hydrogens is 430 g/mol. The zero-order chi connectivity index (χ0) is 19.2. The molecule has 6 nitrogen and oxygen atoms in total. The van der Waals surface area contributed by atoms with Crippen LogP contribution in [-0.2, 0) is 4.79 Å². The van der Waals surface area contributed by atoms with Gasteiger partial charge in [0, 0.05) is 11.0 Å². The van der Waals surface area contributed by atoms with Gasteiger partial charge >= 0.3 is 0 Å². The molecule has 2 aliphatic rings. The smallest absolute Gasteiger partial charge is 0.252 e. The number of hydrogen-bond acceptors (Lipinski definition) is 5. The lowest BCUT2D eigenvalue weighted by Gasteiger charge is -2.17. The zero-order valence-electron chi connectivity index (χ0n) is 15.3. The summed E-state index contributed by atoms with van der Waals surface area (Å²) in [5, 5.41) is 6.29. The largest absolute Gasteiger partial charge is 0.497 e. The lowest BCUT2D eigenvalue weighted by molar-refractivity contribution is -0.118. The molecular formula is C19H24BrN3O3S. The van der Waals surface area contributed by atoms with E-state index >= 15 is 0 Å². The van der Waals surface area contributed by atoms with Gasteiger partial charge in [-0.1, -0.05) is 31.0 Å². The molecule has 3 rings (SSSR count). The van der Waals surface area contributed by atoms with Crippen molar-refractivity contribution in [2.24, 2.45) is 4.99 Å². The van der Waals surface area contributed by atoms with E-state index in [1.807, 2.05) is 0 Å². The average Bonchev–Trinajstić information content (AvgIpc) is 3.02. The first kappa shape index (κ1) is 20.2. The SMILES string of the molecule is COc1ccc(Br)c(C(=O)NCCC2SC(=NC3CCCCC3)NC2=O)c1. The highest BCUT2D eigenvalue weighted by Gasteiger charge is 2.30. The maximum Gasteiger partial charge on any atom is 0.252 e. The van der Waals surface area contributed by atoms with Crippen molar-refractivity contribution in [2.75, 3.05) is 13.7 Å². The van der Waals surface area contributed by atoms with Gasteiger partial charge in [0.05, 0.1) is 24.0 Å². The highest BCUT2D eigenvalue weighted by molar-refractivity contribution is 9.10.